The molecule has 2 saturated heterocycles. The molecule has 6 fully saturated rings. The van der Waals surface area contributed by atoms with Gasteiger partial charge in [0, 0.05) is 17.7 Å². The van der Waals surface area contributed by atoms with Crippen molar-refractivity contribution in [3.05, 3.63) is 42.5 Å². The molecule has 2 bridgehead atoms. The van der Waals surface area contributed by atoms with Crippen LogP contribution >= 0.6 is 0 Å². The zero-order valence-corrected chi connectivity index (χ0v) is 36.6. The maximum Gasteiger partial charge on any atom is 0.408 e. The summed E-state index contributed by atoms with van der Waals surface area (Å²) < 4.78 is 47.3. The molecule has 1 aromatic heterocycles. The second kappa shape index (κ2) is 17.3. The number of benzene rings is 1. The van der Waals surface area contributed by atoms with Gasteiger partial charge >= 0.3 is 6.09 Å². The van der Waals surface area contributed by atoms with Gasteiger partial charge in [-0.2, -0.15) is 0 Å². The number of rotatable bonds is 9. The second-order valence-corrected chi connectivity index (χ2v) is 21.4. The van der Waals surface area contributed by atoms with Crippen LogP contribution in [0.15, 0.2) is 36.9 Å². The summed E-state index contributed by atoms with van der Waals surface area (Å²) in [6, 6.07) is 5.82. The van der Waals surface area contributed by atoms with Crippen LogP contribution < -0.4 is 30.1 Å². The third-order valence-corrected chi connectivity index (χ3v) is 16.9. The topological polar surface area (TPSA) is 194 Å². The van der Waals surface area contributed by atoms with Crippen LogP contribution in [0.5, 0.6) is 11.6 Å². The predicted octanol–water partition coefficient (Wildman–Crippen LogP) is 4.95. The summed E-state index contributed by atoms with van der Waals surface area (Å²) in [6.45, 7) is 7.19. The van der Waals surface area contributed by atoms with Crippen molar-refractivity contribution in [3.63, 3.8) is 0 Å². The molecule has 2 aromatic rings. The first-order valence-corrected chi connectivity index (χ1v) is 24.6. The molecule has 4 amide bonds. The molecule has 16 heteroatoms. The maximum atomic E-state index is 15.1. The number of hydrogen-bond acceptors (Lipinski definition) is 11. The SMILES string of the molecule is C=C[C@@H]1C[C@]1(NC(=O)[C@@H]1C[C@@H]2CN1C(=O)[C@H](C1CCCCC1)NC(=O)O[C@@H]1C[C@H]1CCCCCc1c(nc3ccccc3c1OC1CCNCC1)O2)C(=O)NS(=O)(=O)C1(C)CC1. The number of amides is 4. The van der Waals surface area contributed by atoms with Crippen molar-refractivity contribution in [3.8, 4) is 11.6 Å². The monoisotopic (exact) mass is 874 g/mol. The first-order valence-electron chi connectivity index (χ1n) is 23.1. The van der Waals surface area contributed by atoms with Gasteiger partial charge in [0.2, 0.25) is 27.7 Å². The summed E-state index contributed by atoms with van der Waals surface area (Å²) in [6.07, 6.45) is 12.3. The molecule has 0 radical (unpaired) electrons. The van der Waals surface area contributed by atoms with Gasteiger partial charge in [-0.05, 0) is 115 Å². The third-order valence-electron chi connectivity index (χ3n) is 14.8. The number of nitrogens with one attached hydrogen (secondary N) is 4. The van der Waals surface area contributed by atoms with Crippen LogP contribution in [-0.2, 0) is 35.6 Å². The van der Waals surface area contributed by atoms with E-state index in [-0.39, 0.29) is 43.4 Å². The molecule has 62 heavy (non-hydrogen) atoms. The number of hydrogen-bond donors (Lipinski definition) is 4. The van der Waals surface area contributed by atoms with Gasteiger partial charge in [-0.1, -0.05) is 50.3 Å². The van der Waals surface area contributed by atoms with Gasteiger partial charge in [0.1, 0.15) is 41.7 Å². The largest absolute Gasteiger partial charge is 0.489 e. The zero-order valence-electron chi connectivity index (χ0n) is 35.8. The van der Waals surface area contributed by atoms with Gasteiger partial charge in [-0.3, -0.25) is 19.1 Å². The second-order valence-electron chi connectivity index (χ2n) is 19.2. The molecule has 7 aliphatic rings. The highest BCUT2D eigenvalue weighted by Gasteiger charge is 2.63. The number of aromatic nitrogens is 1. The Morgan fingerprint density at radius 2 is 1.69 bits per heavy atom. The number of alkyl carbamates (subject to hydrolysis) is 1. The van der Waals surface area contributed by atoms with Crippen LogP contribution in [0.2, 0.25) is 0 Å². The summed E-state index contributed by atoms with van der Waals surface area (Å²) in [5, 5.41) is 10.2. The average molecular weight is 875 g/mol. The number of nitrogens with zero attached hydrogens (tertiary/aromatic N) is 2. The van der Waals surface area contributed by atoms with Gasteiger partial charge in [-0.25, -0.2) is 18.2 Å². The molecule has 3 aliphatic heterocycles. The van der Waals surface area contributed by atoms with Gasteiger partial charge in [0.25, 0.3) is 5.91 Å². The van der Waals surface area contributed by atoms with E-state index in [9.17, 15) is 22.8 Å². The lowest BCUT2D eigenvalue weighted by atomic mass is 9.83. The minimum atomic E-state index is -4.00. The number of sulfonamides is 1. The number of carbonyl (C=O) groups excluding carboxylic acids is 4. The van der Waals surface area contributed by atoms with Crippen LogP contribution in [-0.4, -0.2) is 102 Å². The van der Waals surface area contributed by atoms with E-state index in [0.29, 0.717) is 30.7 Å². The molecule has 1 aromatic carbocycles. The Morgan fingerprint density at radius 3 is 2.42 bits per heavy atom. The van der Waals surface area contributed by atoms with Gasteiger partial charge < -0.3 is 35.1 Å². The van der Waals surface area contributed by atoms with Crippen molar-refractivity contribution in [2.24, 2.45) is 17.8 Å². The molecule has 4 N–H and O–H groups in total. The molecule has 4 heterocycles. The molecule has 336 valence electrons. The molecule has 0 spiro atoms. The lowest BCUT2D eigenvalue weighted by molar-refractivity contribution is -0.142. The first-order chi connectivity index (χ1) is 29.9. The van der Waals surface area contributed by atoms with Crippen LogP contribution in [0, 0.1) is 17.8 Å². The lowest BCUT2D eigenvalue weighted by Crippen LogP contribution is -2.59. The Labute approximate surface area is 364 Å². The number of ether oxygens (including phenoxy) is 3. The highest BCUT2D eigenvalue weighted by molar-refractivity contribution is 7.91. The summed E-state index contributed by atoms with van der Waals surface area (Å²) in [4.78, 5) is 63.8. The summed E-state index contributed by atoms with van der Waals surface area (Å²) in [5.74, 6) is -1.11. The van der Waals surface area contributed by atoms with Crippen molar-refractivity contribution in [2.45, 2.75) is 157 Å². The van der Waals surface area contributed by atoms with Gasteiger partial charge in [-0.15, -0.1) is 6.58 Å². The van der Waals surface area contributed by atoms with E-state index >= 15 is 4.79 Å². The van der Waals surface area contributed by atoms with Crippen LogP contribution in [0.4, 0.5) is 4.79 Å². The fraction of sp³-hybridized carbons (Fsp3) is 0.674. The van der Waals surface area contributed by atoms with E-state index in [0.717, 1.165) is 107 Å². The number of para-hydroxylation sites is 1. The molecule has 0 unspecified atom stereocenters. The normalized spacial score (nSPS) is 31.7. The lowest BCUT2D eigenvalue weighted by Gasteiger charge is -2.34. The van der Waals surface area contributed by atoms with Gasteiger partial charge in [0.05, 0.1) is 22.4 Å². The van der Waals surface area contributed by atoms with Crippen molar-refractivity contribution in [1.29, 1.82) is 0 Å². The third kappa shape index (κ3) is 8.74. The number of carbonyl (C=O) groups is 4. The zero-order chi connectivity index (χ0) is 43.2. The number of fused-ring (bicyclic) bond motifs is 5. The minimum absolute atomic E-state index is 0.0107. The Balaban J connectivity index is 1.07. The van der Waals surface area contributed by atoms with E-state index in [1.54, 1.807) is 13.0 Å². The van der Waals surface area contributed by atoms with Crippen molar-refractivity contribution in [2.75, 3.05) is 19.6 Å². The molecular weight excluding hydrogens is 813 g/mol. The number of pyridine rings is 1. The minimum Gasteiger partial charge on any atom is -0.489 e. The molecule has 7 atom stereocenters. The molecule has 4 aliphatic carbocycles. The van der Waals surface area contributed by atoms with Crippen molar-refractivity contribution >= 4 is 44.7 Å². The van der Waals surface area contributed by atoms with E-state index in [1.165, 1.54) is 4.90 Å². The Kier molecular flexibility index (Phi) is 11.9. The fourth-order valence-corrected chi connectivity index (χ4v) is 11.6. The van der Waals surface area contributed by atoms with Crippen molar-refractivity contribution < 1.29 is 41.8 Å². The van der Waals surface area contributed by atoms with E-state index in [1.807, 2.05) is 24.3 Å². The predicted molar refractivity (Wildman–Crippen MR) is 231 cm³/mol. The van der Waals surface area contributed by atoms with E-state index < -0.39 is 68.2 Å². The smallest absolute Gasteiger partial charge is 0.408 e. The van der Waals surface area contributed by atoms with Crippen molar-refractivity contribution in [1.82, 2.24) is 30.6 Å². The quantitative estimate of drug-likeness (QED) is 0.249. The molecule has 15 nitrogen and oxygen atoms in total. The molecule has 9 rings (SSSR count). The van der Waals surface area contributed by atoms with Crippen LogP contribution in [0.3, 0.4) is 0 Å². The summed E-state index contributed by atoms with van der Waals surface area (Å²) in [5.41, 5.74) is 0.0168. The Hall–Kier alpha value is -4.44. The first kappa shape index (κ1) is 42.8. The standard InChI is InChI=1S/C46H62N6O9S/c1-3-30-26-46(30,43(55)51-62(57,58)45(2)20-21-45)50-40(53)36-25-32-27-52(36)42(54)38(28-12-6-4-7-13-28)49-44(56)61-37-24-29(37)14-8-5-9-16-34-39(59-31-18-22-47-23-19-31)33-15-10-11-17-35(33)48-41(34)60-32/h3,10-11,15,17,28-32,36-38,47H,1,4-9,12-14,16,18-27H2,2H3,(H,49,56)(H,50,53)(H,51,55)/t29-,30-,32-,36+,37-,38+,46-/m1/s1. The Morgan fingerprint density at radius 1 is 0.968 bits per heavy atom. The number of piperidine rings is 1. The fourth-order valence-electron chi connectivity index (χ4n) is 10.3. The van der Waals surface area contributed by atoms with Crippen LogP contribution in [0.1, 0.15) is 115 Å². The summed E-state index contributed by atoms with van der Waals surface area (Å²) in [7, 11) is -4.00. The highest BCUT2D eigenvalue weighted by atomic mass is 32.2. The summed E-state index contributed by atoms with van der Waals surface area (Å²) >= 11 is 0. The highest BCUT2D eigenvalue weighted by Crippen LogP contribution is 2.48. The van der Waals surface area contributed by atoms with Crippen LogP contribution in [0.25, 0.3) is 10.9 Å². The van der Waals surface area contributed by atoms with Gasteiger partial charge in [0.15, 0.2) is 0 Å². The Bertz CT molecular complexity index is 2190. The maximum absolute atomic E-state index is 15.1. The molecule has 4 saturated carbocycles. The van der Waals surface area contributed by atoms with E-state index in [4.69, 9.17) is 19.2 Å². The average Bonchev–Trinajstić information content (AvgIpc) is 4.23. The molecular formula is C46H62N6O9S. The van der Waals surface area contributed by atoms with E-state index in [2.05, 4.69) is 27.3 Å².